The van der Waals surface area contributed by atoms with Crippen LogP contribution in [0.15, 0.2) is 42.9 Å². The monoisotopic (exact) mass is 226 g/mol. The number of aromatic nitrogens is 2. The van der Waals surface area contributed by atoms with E-state index >= 15 is 0 Å². The highest BCUT2D eigenvalue weighted by atomic mass is 16.3. The summed E-state index contributed by atoms with van der Waals surface area (Å²) >= 11 is 0. The van der Waals surface area contributed by atoms with E-state index < -0.39 is 0 Å². The molecular formula is C14H14N2O. The number of benzene rings is 1. The molecule has 1 aromatic carbocycles. The van der Waals surface area contributed by atoms with E-state index in [0.29, 0.717) is 6.54 Å². The van der Waals surface area contributed by atoms with Gasteiger partial charge in [-0.3, -0.25) is 4.98 Å². The molecule has 2 heterocycles. The predicted octanol–water partition coefficient (Wildman–Crippen LogP) is 2.57. The van der Waals surface area contributed by atoms with Crippen molar-refractivity contribution in [3.05, 3.63) is 42.9 Å². The lowest BCUT2D eigenvalue weighted by atomic mass is 10.1. The molecule has 3 nitrogen and oxygen atoms in total. The predicted molar refractivity (Wildman–Crippen MR) is 68.9 cm³/mol. The third kappa shape index (κ3) is 1.68. The van der Waals surface area contributed by atoms with Gasteiger partial charge in [0.25, 0.3) is 0 Å². The number of aliphatic hydroxyl groups excluding tert-OH is 1. The largest absolute Gasteiger partial charge is 0.392 e. The Morgan fingerprint density at radius 2 is 2.06 bits per heavy atom. The fraction of sp³-hybridized carbons (Fsp3) is 0.214. The maximum Gasteiger partial charge on any atom is 0.0691 e. The van der Waals surface area contributed by atoms with E-state index in [1.54, 1.807) is 6.92 Å². The van der Waals surface area contributed by atoms with Gasteiger partial charge in [-0.2, -0.15) is 0 Å². The molecule has 2 aromatic heterocycles. The van der Waals surface area contributed by atoms with Crippen molar-refractivity contribution in [2.24, 2.45) is 0 Å². The van der Waals surface area contributed by atoms with Crippen molar-refractivity contribution in [3.8, 4) is 0 Å². The van der Waals surface area contributed by atoms with Crippen LogP contribution in [0.25, 0.3) is 21.7 Å². The number of nitrogens with zero attached hydrogens (tertiary/aromatic N) is 2. The molecule has 3 aromatic rings. The molecule has 0 aliphatic rings. The lowest BCUT2D eigenvalue weighted by Crippen LogP contribution is -2.10. The number of hydrogen-bond donors (Lipinski definition) is 1. The molecule has 0 bridgehead atoms. The van der Waals surface area contributed by atoms with Crippen LogP contribution in [0, 0.1) is 0 Å². The first-order valence-electron chi connectivity index (χ1n) is 5.75. The first-order valence-corrected chi connectivity index (χ1v) is 5.75. The van der Waals surface area contributed by atoms with E-state index in [1.165, 1.54) is 16.3 Å². The number of rotatable bonds is 2. The van der Waals surface area contributed by atoms with E-state index in [4.69, 9.17) is 0 Å². The summed E-state index contributed by atoms with van der Waals surface area (Å²) in [5.74, 6) is 0. The fourth-order valence-corrected chi connectivity index (χ4v) is 2.31. The van der Waals surface area contributed by atoms with Crippen LogP contribution in [-0.2, 0) is 6.54 Å². The number of fused-ring (bicyclic) bond motifs is 3. The first-order chi connectivity index (χ1) is 8.25. The quantitative estimate of drug-likeness (QED) is 0.729. The van der Waals surface area contributed by atoms with Crippen LogP contribution in [0.1, 0.15) is 6.92 Å². The summed E-state index contributed by atoms with van der Waals surface area (Å²) in [6.45, 7) is 2.42. The van der Waals surface area contributed by atoms with Crippen molar-refractivity contribution < 1.29 is 5.11 Å². The molecule has 0 aliphatic carbocycles. The van der Waals surface area contributed by atoms with Gasteiger partial charge in [0.15, 0.2) is 0 Å². The molecular weight excluding hydrogens is 212 g/mol. The highest BCUT2D eigenvalue weighted by Crippen LogP contribution is 2.25. The van der Waals surface area contributed by atoms with Gasteiger partial charge in [-0.05, 0) is 19.1 Å². The number of hydrogen-bond acceptors (Lipinski definition) is 2. The van der Waals surface area contributed by atoms with Gasteiger partial charge in [0, 0.05) is 41.3 Å². The van der Waals surface area contributed by atoms with Crippen molar-refractivity contribution >= 4 is 21.7 Å². The minimum atomic E-state index is -0.345. The van der Waals surface area contributed by atoms with Crippen LogP contribution in [0.2, 0.25) is 0 Å². The molecule has 0 amide bonds. The molecule has 0 radical (unpaired) electrons. The van der Waals surface area contributed by atoms with Crippen LogP contribution in [0.4, 0.5) is 0 Å². The highest BCUT2D eigenvalue weighted by molar-refractivity contribution is 6.05. The van der Waals surface area contributed by atoms with E-state index in [9.17, 15) is 5.11 Å². The molecule has 0 fully saturated rings. The minimum absolute atomic E-state index is 0.345. The van der Waals surface area contributed by atoms with Crippen molar-refractivity contribution in [2.75, 3.05) is 0 Å². The Bertz CT molecular complexity index is 670. The van der Waals surface area contributed by atoms with Gasteiger partial charge in [-0.1, -0.05) is 12.1 Å². The lowest BCUT2D eigenvalue weighted by molar-refractivity contribution is 0.175. The summed E-state index contributed by atoms with van der Waals surface area (Å²) in [5, 5.41) is 13.0. The molecule has 1 N–H and O–H groups in total. The van der Waals surface area contributed by atoms with Crippen LogP contribution < -0.4 is 0 Å². The summed E-state index contributed by atoms with van der Waals surface area (Å²) in [5.41, 5.74) is 1.17. The molecule has 0 spiro atoms. The third-order valence-electron chi connectivity index (χ3n) is 3.01. The maximum absolute atomic E-state index is 9.52. The molecule has 0 saturated carbocycles. The summed E-state index contributed by atoms with van der Waals surface area (Å²) in [4.78, 5) is 4.14. The second kappa shape index (κ2) is 3.86. The van der Waals surface area contributed by atoms with Gasteiger partial charge in [-0.15, -0.1) is 0 Å². The highest BCUT2D eigenvalue weighted by Gasteiger charge is 2.07. The Morgan fingerprint density at radius 1 is 1.24 bits per heavy atom. The Morgan fingerprint density at radius 3 is 2.88 bits per heavy atom. The summed E-state index contributed by atoms with van der Waals surface area (Å²) in [6.07, 6.45) is 5.36. The molecule has 3 rings (SSSR count). The average molecular weight is 226 g/mol. The molecule has 17 heavy (non-hydrogen) atoms. The van der Waals surface area contributed by atoms with E-state index in [0.717, 1.165) is 5.39 Å². The second-order valence-corrected chi connectivity index (χ2v) is 4.42. The van der Waals surface area contributed by atoms with E-state index in [-0.39, 0.29) is 6.10 Å². The van der Waals surface area contributed by atoms with Crippen LogP contribution in [0.5, 0.6) is 0 Å². The van der Waals surface area contributed by atoms with E-state index in [2.05, 4.69) is 27.8 Å². The number of aliphatic hydroxyl groups is 1. The standard InChI is InChI=1S/C14H14N2O/c1-10(17)9-16-7-5-11-2-3-12-8-15-6-4-13(12)14(11)16/h2-8,10,17H,9H2,1H3/t10-/m1/s1. The van der Waals surface area contributed by atoms with E-state index in [1.807, 2.05) is 24.7 Å². The Labute approximate surface area is 99.3 Å². The van der Waals surface area contributed by atoms with Crippen LogP contribution >= 0.6 is 0 Å². The lowest BCUT2D eigenvalue weighted by Gasteiger charge is -2.09. The number of pyridine rings is 1. The van der Waals surface area contributed by atoms with Gasteiger partial charge in [-0.25, -0.2) is 0 Å². The normalized spacial score (nSPS) is 13.3. The zero-order valence-electron chi connectivity index (χ0n) is 9.67. The summed E-state index contributed by atoms with van der Waals surface area (Å²) < 4.78 is 2.10. The Balaban J connectivity index is 2.34. The topological polar surface area (TPSA) is 38.0 Å². The zero-order valence-corrected chi connectivity index (χ0v) is 9.67. The SMILES string of the molecule is C[C@@H](O)Cn1ccc2ccc3cnccc3c21. The molecule has 86 valence electrons. The van der Waals surface area contributed by atoms with Crippen molar-refractivity contribution in [1.82, 2.24) is 9.55 Å². The molecule has 0 aliphatic heterocycles. The van der Waals surface area contributed by atoms with Crippen molar-refractivity contribution in [2.45, 2.75) is 19.6 Å². The summed E-state index contributed by atoms with van der Waals surface area (Å²) in [7, 11) is 0. The summed E-state index contributed by atoms with van der Waals surface area (Å²) in [6, 6.07) is 8.28. The average Bonchev–Trinajstić information content (AvgIpc) is 2.72. The van der Waals surface area contributed by atoms with Crippen molar-refractivity contribution in [3.63, 3.8) is 0 Å². The fourth-order valence-electron chi connectivity index (χ4n) is 2.31. The third-order valence-corrected chi connectivity index (χ3v) is 3.01. The van der Waals surface area contributed by atoms with Gasteiger partial charge in [0.05, 0.1) is 11.6 Å². The van der Waals surface area contributed by atoms with Gasteiger partial charge >= 0.3 is 0 Å². The van der Waals surface area contributed by atoms with Crippen LogP contribution in [0.3, 0.4) is 0 Å². The molecule has 3 heteroatoms. The van der Waals surface area contributed by atoms with Crippen molar-refractivity contribution in [1.29, 1.82) is 0 Å². The second-order valence-electron chi connectivity index (χ2n) is 4.42. The van der Waals surface area contributed by atoms with Gasteiger partial charge < -0.3 is 9.67 Å². The van der Waals surface area contributed by atoms with Gasteiger partial charge in [0.2, 0.25) is 0 Å². The first kappa shape index (κ1) is 10.3. The molecule has 1 atom stereocenters. The molecule has 0 saturated heterocycles. The van der Waals surface area contributed by atoms with Crippen LogP contribution in [-0.4, -0.2) is 20.8 Å². The smallest absolute Gasteiger partial charge is 0.0691 e. The minimum Gasteiger partial charge on any atom is -0.392 e. The molecule has 0 unspecified atom stereocenters. The zero-order chi connectivity index (χ0) is 11.8. The Hall–Kier alpha value is -1.87. The Kier molecular flexibility index (Phi) is 2.34. The maximum atomic E-state index is 9.52. The van der Waals surface area contributed by atoms with Gasteiger partial charge in [0.1, 0.15) is 0 Å².